The van der Waals surface area contributed by atoms with Crippen LogP contribution in [0.25, 0.3) is 6.08 Å². The zero-order chi connectivity index (χ0) is 18.4. The highest BCUT2D eigenvalue weighted by Gasteiger charge is 2.14. The van der Waals surface area contributed by atoms with Crippen LogP contribution in [-0.4, -0.2) is 17.9 Å². The van der Waals surface area contributed by atoms with Crippen LogP contribution in [0, 0.1) is 17.0 Å². The first-order chi connectivity index (χ1) is 11.9. The molecule has 6 heteroatoms. The minimum atomic E-state index is -0.474. The maximum atomic E-state index is 12.2. The summed E-state index contributed by atoms with van der Waals surface area (Å²) in [5, 5.41) is 13.8. The lowest BCUT2D eigenvalue weighted by Gasteiger charge is -2.17. The Balaban J connectivity index is 2.13. The van der Waals surface area contributed by atoms with Crippen LogP contribution in [0.15, 0.2) is 48.5 Å². The molecule has 0 aliphatic heterocycles. The summed E-state index contributed by atoms with van der Waals surface area (Å²) in [6, 6.07) is 11.7. The first-order valence-electron chi connectivity index (χ1n) is 7.79. The van der Waals surface area contributed by atoms with Crippen LogP contribution in [0.4, 0.5) is 5.69 Å². The first kappa shape index (κ1) is 18.2. The number of nitrogens with one attached hydrogen (secondary N) is 1. The maximum absolute atomic E-state index is 12.2. The van der Waals surface area contributed by atoms with Crippen molar-refractivity contribution in [1.29, 1.82) is 0 Å². The smallest absolute Gasteiger partial charge is 0.276 e. The van der Waals surface area contributed by atoms with Crippen LogP contribution in [0.5, 0.6) is 5.75 Å². The topological polar surface area (TPSA) is 81.5 Å². The molecule has 0 aliphatic carbocycles. The van der Waals surface area contributed by atoms with Crippen LogP contribution in [0.2, 0.25) is 0 Å². The molecule has 1 amide bonds. The first-order valence-corrected chi connectivity index (χ1v) is 7.79. The van der Waals surface area contributed by atoms with E-state index in [0.29, 0.717) is 11.3 Å². The summed E-state index contributed by atoms with van der Waals surface area (Å²) in [5.41, 5.74) is 2.27. The summed E-state index contributed by atoms with van der Waals surface area (Å²) in [5.74, 6) is 0.357. The molecule has 25 heavy (non-hydrogen) atoms. The number of amides is 1. The average molecular weight is 340 g/mol. The summed E-state index contributed by atoms with van der Waals surface area (Å²) in [7, 11) is 1.58. The fourth-order valence-electron chi connectivity index (χ4n) is 2.49. The fraction of sp³-hybridized carbons (Fsp3) is 0.211. The van der Waals surface area contributed by atoms with Gasteiger partial charge in [0, 0.05) is 17.7 Å². The lowest BCUT2D eigenvalue weighted by molar-refractivity contribution is -0.385. The van der Waals surface area contributed by atoms with Gasteiger partial charge in [-0.15, -0.1) is 0 Å². The Morgan fingerprint density at radius 1 is 1.28 bits per heavy atom. The molecule has 0 bridgehead atoms. The Kier molecular flexibility index (Phi) is 5.89. The van der Waals surface area contributed by atoms with Crippen LogP contribution in [0.1, 0.15) is 29.7 Å². The van der Waals surface area contributed by atoms with Gasteiger partial charge >= 0.3 is 0 Å². The summed E-state index contributed by atoms with van der Waals surface area (Å²) in [4.78, 5) is 22.7. The Bertz CT molecular complexity index is 815. The Morgan fingerprint density at radius 3 is 2.68 bits per heavy atom. The summed E-state index contributed by atoms with van der Waals surface area (Å²) in [6.45, 7) is 3.82. The highest BCUT2D eigenvalue weighted by molar-refractivity contribution is 5.92. The van der Waals surface area contributed by atoms with Crippen molar-refractivity contribution < 1.29 is 14.5 Å². The number of hydrogen-bond acceptors (Lipinski definition) is 4. The average Bonchev–Trinajstić information content (AvgIpc) is 2.60. The van der Waals surface area contributed by atoms with Crippen molar-refractivity contribution in [2.45, 2.75) is 19.9 Å². The van der Waals surface area contributed by atoms with E-state index in [9.17, 15) is 14.9 Å². The van der Waals surface area contributed by atoms with Crippen molar-refractivity contribution in [3.05, 3.63) is 75.3 Å². The largest absolute Gasteiger partial charge is 0.496 e. The number of nitrogens with zero attached hydrogens (tertiary/aromatic N) is 1. The SMILES string of the molecule is COc1ccc(C)cc1[C@@H](C)NC(=O)/C=C/c1ccccc1[N+](=O)[O-]. The third-order valence-electron chi connectivity index (χ3n) is 3.76. The molecule has 0 radical (unpaired) electrons. The van der Waals surface area contributed by atoms with Crippen LogP contribution >= 0.6 is 0 Å². The molecule has 0 fully saturated rings. The van der Waals surface area contributed by atoms with Gasteiger partial charge in [-0.2, -0.15) is 0 Å². The van der Waals surface area contributed by atoms with Gasteiger partial charge in [-0.1, -0.05) is 29.8 Å². The van der Waals surface area contributed by atoms with Gasteiger partial charge < -0.3 is 10.1 Å². The standard InChI is InChI=1S/C19H20N2O4/c1-13-8-10-18(25-3)16(12-13)14(2)20-19(22)11-9-15-6-4-5-7-17(15)21(23)24/h4-12,14H,1-3H3,(H,20,22)/b11-9+/t14-/m1/s1. The lowest BCUT2D eigenvalue weighted by atomic mass is 10.0. The van der Waals surface area contributed by atoms with Gasteiger partial charge in [-0.05, 0) is 32.1 Å². The molecular weight excluding hydrogens is 320 g/mol. The molecule has 0 saturated heterocycles. The van der Waals surface area contributed by atoms with Gasteiger partial charge in [-0.3, -0.25) is 14.9 Å². The molecular formula is C19H20N2O4. The molecule has 0 aliphatic rings. The predicted octanol–water partition coefficient (Wildman–Crippen LogP) is 3.80. The van der Waals surface area contributed by atoms with Crippen molar-refractivity contribution in [3.8, 4) is 5.75 Å². The normalized spacial score (nSPS) is 12.0. The quantitative estimate of drug-likeness (QED) is 0.492. The van der Waals surface area contributed by atoms with E-state index in [-0.39, 0.29) is 17.6 Å². The van der Waals surface area contributed by atoms with Crippen molar-refractivity contribution >= 4 is 17.7 Å². The van der Waals surface area contributed by atoms with Crippen molar-refractivity contribution in [2.24, 2.45) is 0 Å². The second-order valence-electron chi connectivity index (χ2n) is 5.62. The van der Waals surface area contributed by atoms with Crippen LogP contribution in [0.3, 0.4) is 0 Å². The number of methoxy groups -OCH3 is 1. The maximum Gasteiger partial charge on any atom is 0.276 e. The molecule has 0 spiro atoms. The van der Waals surface area contributed by atoms with E-state index in [2.05, 4.69) is 5.32 Å². The molecule has 2 rings (SSSR count). The van der Waals surface area contributed by atoms with E-state index in [4.69, 9.17) is 4.74 Å². The third kappa shape index (κ3) is 4.67. The molecule has 0 heterocycles. The van der Waals surface area contributed by atoms with Gasteiger partial charge in [-0.25, -0.2) is 0 Å². The van der Waals surface area contributed by atoms with Gasteiger partial charge in [0.15, 0.2) is 0 Å². The number of hydrogen-bond donors (Lipinski definition) is 1. The molecule has 130 valence electrons. The van der Waals surface area contributed by atoms with Crippen molar-refractivity contribution in [1.82, 2.24) is 5.32 Å². The van der Waals surface area contributed by atoms with Gasteiger partial charge in [0.1, 0.15) is 5.75 Å². The van der Waals surface area contributed by atoms with E-state index < -0.39 is 4.92 Å². The van der Waals surface area contributed by atoms with Gasteiger partial charge in [0.05, 0.1) is 23.6 Å². The number of carbonyl (C=O) groups is 1. The summed E-state index contributed by atoms with van der Waals surface area (Å²) < 4.78 is 5.33. The number of para-hydroxylation sites is 1. The molecule has 2 aromatic rings. The second kappa shape index (κ2) is 8.10. The second-order valence-corrected chi connectivity index (χ2v) is 5.62. The minimum absolute atomic E-state index is 0.0417. The minimum Gasteiger partial charge on any atom is -0.496 e. The van der Waals surface area contributed by atoms with Crippen molar-refractivity contribution in [2.75, 3.05) is 7.11 Å². The molecule has 1 atom stereocenters. The van der Waals surface area contributed by atoms with E-state index >= 15 is 0 Å². The highest BCUT2D eigenvalue weighted by Crippen LogP contribution is 2.26. The highest BCUT2D eigenvalue weighted by atomic mass is 16.6. The Morgan fingerprint density at radius 2 is 2.00 bits per heavy atom. The number of nitro benzene ring substituents is 1. The van der Waals surface area contributed by atoms with Gasteiger partial charge in [0.2, 0.25) is 5.91 Å². The number of rotatable bonds is 6. The van der Waals surface area contributed by atoms with E-state index in [0.717, 1.165) is 11.1 Å². The van der Waals surface area contributed by atoms with Crippen molar-refractivity contribution in [3.63, 3.8) is 0 Å². The van der Waals surface area contributed by atoms with Crippen LogP contribution < -0.4 is 10.1 Å². The third-order valence-corrected chi connectivity index (χ3v) is 3.76. The zero-order valence-corrected chi connectivity index (χ0v) is 14.4. The molecule has 0 unspecified atom stereocenters. The summed E-state index contributed by atoms with van der Waals surface area (Å²) in [6.07, 6.45) is 2.73. The molecule has 1 N–H and O–H groups in total. The van der Waals surface area contributed by atoms with E-state index in [1.807, 2.05) is 32.0 Å². The Labute approximate surface area is 146 Å². The summed E-state index contributed by atoms with van der Waals surface area (Å²) >= 11 is 0. The monoisotopic (exact) mass is 340 g/mol. The predicted molar refractivity (Wildman–Crippen MR) is 96.4 cm³/mol. The number of nitro groups is 1. The number of ether oxygens (including phenoxy) is 1. The molecule has 0 aromatic heterocycles. The Hall–Kier alpha value is -3.15. The number of aryl methyl sites for hydroxylation is 1. The molecule has 6 nitrogen and oxygen atoms in total. The van der Waals surface area contributed by atoms with E-state index in [1.165, 1.54) is 18.2 Å². The molecule has 2 aromatic carbocycles. The molecule has 0 saturated carbocycles. The van der Waals surface area contributed by atoms with Crippen LogP contribution in [-0.2, 0) is 4.79 Å². The fourth-order valence-corrected chi connectivity index (χ4v) is 2.49. The lowest BCUT2D eigenvalue weighted by Crippen LogP contribution is -2.25. The van der Waals surface area contributed by atoms with E-state index in [1.54, 1.807) is 25.3 Å². The number of benzene rings is 2. The zero-order valence-electron chi connectivity index (χ0n) is 14.4. The number of carbonyl (C=O) groups excluding carboxylic acids is 1. The van der Waals surface area contributed by atoms with Gasteiger partial charge in [0.25, 0.3) is 5.69 Å².